The number of hydrogen-bond donors (Lipinski definition) is 0. The lowest BCUT2D eigenvalue weighted by Crippen LogP contribution is -2.74. The number of amides is 2. The molecule has 6 nitrogen and oxygen atoms in total. The van der Waals surface area contributed by atoms with Crippen LogP contribution in [0.25, 0.3) is 0 Å². The van der Waals surface area contributed by atoms with Gasteiger partial charge in [0.25, 0.3) is 0 Å². The van der Waals surface area contributed by atoms with Gasteiger partial charge < -0.3 is 14.5 Å². The normalized spacial score (nSPS) is 28.2. The minimum atomic E-state index is -0.242. The predicted molar refractivity (Wildman–Crippen MR) is 98.6 cm³/mol. The van der Waals surface area contributed by atoms with Crippen molar-refractivity contribution in [2.75, 3.05) is 45.9 Å². The third-order valence-corrected chi connectivity index (χ3v) is 6.37. The van der Waals surface area contributed by atoms with Gasteiger partial charge in [-0.15, -0.1) is 0 Å². The minimum Gasteiger partial charge on any atom is -0.368 e. The molecule has 4 fully saturated rings. The van der Waals surface area contributed by atoms with Crippen molar-refractivity contribution >= 4 is 11.8 Å². The molecule has 3 aliphatic heterocycles. The Kier molecular flexibility index (Phi) is 4.99. The SMILES string of the molecule is CC(C)CCC(=O)N1CC2(C1)CN(CC1CC1)[C@H](C(=O)N1CCC1)CO2. The molecule has 4 rings (SSSR count). The maximum absolute atomic E-state index is 12.8. The van der Waals surface area contributed by atoms with Crippen molar-refractivity contribution in [3.63, 3.8) is 0 Å². The molecule has 0 aromatic heterocycles. The molecule has 26 heavy (non-hydrogen) atoms. The fraction of sp³-hybridized carbons (Fsp3) is 0.900. The number of ether oxygens (including phenoxy) is 1. The average Bonchev–Trinajstić information content (AvgIpc) is 3.32. The van der Waals surface area contributed by atoms with E-state index in [4.69, 9.17) is 4.74 Å². The molecule has 0 unspecified atom stereocenters. The molecule has 0 bridgehead atoms. The summed E-state index contributed by atoms with van der Waals surface area (Å²) >= 11 is 0. The van der Waals surface area contributed by atoms with Gasteiger partial charge in [-0.1, -0.05) is 13.8 Å². The van der Waals surface area contributed by atoms with E-state index in [1.165, 1.54) is 12.8 Å². The molecule has 146 valence electrons. The summed E-state index contributed by atoms with van der Waals surface area (Å²) in [7, 11) is 0. The van der Waals surface area contributed by atoms with Gasteiger partial charge >= 0.3 is 0 Å². The third-order valence-electron chi connectivity index (χ3n) is 6.37. The van der Waals surface area contributed by atoms with E-state index in [1.807, 2.05) is 9.80 Å². The molecule has 1 spiro atoms. The highest BCUT2D eigenvalue weighted by atomic mass is 16.5. The number of morpholine rings is 1. The number of hydrogen-bond acceptors (Lipinski definition) is 4. The smallest absolute Gasteiger partial charge is 0.242 e. The van der Waals surface area contributed by atoms with Gasteiger partial charge in [0.2, 0.25) is 11.8 Å². The van der Waals surface area contributed by atoms with Crippen molar-refractivity contribution in [2.24, 2.45) is 11.8 Å². The van der Waals surface area contributed by atoms with Gasteiger partial charge in [0.1, 0.15) is 11.6 Å². The van der Waals surface area contributed by atoms with Gasteiger partial charge in [0.15, 0.2) is 0 Å². The number of nitrogens with zero attached hydrogens (tertiary/aromatic N) is 3. The second kappa shape index (κ2) is 7.12. The van der Waals surface area contributed by atoms with Crippen LogP contribution < -0.4 is 0 Å². The zero-order valence-electron chi connectivity index (χ0n) is 16.3. The summed E-state index contributed by atoms with van der Waals surface area (Å²) in [4.78, 5) is 31.4. The Bertz CT molecular complexity index is 551. The summed E-state index contributed by atoms with van der Waals surface area (Å²) in [6.07, 6.45) is 5.28. The standard InChI is InChI=1S/C20H33N3O3/c1-15(2)4-7-18(24)23-13-20(14-23)12-22(10-16-5-6-16)17(11-26-20)19(25)21-8-3-9-21/h15-17H,3-14H2,1-2H3/t17-/m0/s1. The van der Waals surface area contributed by atoms with E-state index >= 15 is 0 Å². The lowest BCUT2D eigenvalue weighted by Gasteiger charge is -2.56. The Hall–Kier alpha value is -1.14. The quantitative estimate of drug-likeness (QED) is 0.715. The Morgan fingerprint density at radius 3 is 2.42 bits per heavy atom. The fourth-order valence-electron chi connectivity index (χ4n) is 4.27. The molecule has 3 heterocycles. The van der Waals surface area contributed by atoms with E-state index in [2.05, 4.69) is 18.7 Å². The lowest BCUT2D eigenvalue weighted by molar-refractivity contribution is -0.207. The van der Waals surface area contributed by atoms with Crippen molar-refractivity contribution in [1.29, 1.82) is 0 Å². The van der Waals surface area contributed by atoms with E-state index in [0.717, 1.165) is 44.9 Å². The topological polar surface area (TPSA) is 53.1 Å². The zero-order chi connectivity index (χ0) is 18.3. The molecule has 0 N–H and O–H groups in total. The zero-order valence-corrected chi connectivity index (χ0v) is 16.3. The van der Waals surface area contributed by atoms with Crippen molar-refractivity contribution in [2.45, 2.75) is 57.6 Å². The van der Waals surface area contributed by atoms with E-state index in [9.17, 15) is 9.59 Å². The van der Waals surface area contributed by atoms with Gasteiger partial charge in [-0.2, -0.15) is 0 Å². The molecule has 2 amide bonds. The van der Waals surface area contributed by atoms with Crippen LogP contribution in [0.4, 0.5) is 0 Å². The van der Waals surface area contributed by atoms with Crippen LogP contribution in [0.5, 0.6) is 0 Å². The molecule has 0 aromatic rings. The minimum absolute atomic E-state index is 0.118. The van der Waals surface area contributed by atoms with Crippen molar-refractivity contribution in [3.8, 4) is 0 Å². The van der Waals surface area contributed by atoms with Gasteiger partial charge in [0, 0.05) is 32.6 Å². The van der Waals surface area contributed by atoms with E-state index in [1.54, 1.807) is 0 Å². The van der Waals surface area contributed by atoms with Crippen LogP contribution in [-0.4, -0.2) is 84.0 Å². The Morgan fingerprint density at radius 2 is 1.85 bits per heavy atom. The van der Waals surface area contributed by atoms with Crippen LogP contribution >= 0.6 is 0 Å². The summed E-state index contributed by atoms with van der Waals surface area (Å²) in [5.74, 6) is 1.81. The molecule has 1 aliphatic carbocycles. The Labute approximate surface area is 156 Å². The second-order valence-electron chi connectivity index (χ2n) is 9.24. The van der Waals surface area contributed by atoms with Crippen molar-refractivity contribution in [1.82, 2.24) is 14.7 Å². The molecule has 1 atom stereocenters. The summed E-state index contributed by atoms with van der Waals surface area (Å²) < 4.78 is 6.21. The van der Waals surface area contributed by atoms with Crippen LogP contribution in [0.2, 0.25) is 0 Å². The first-order valence-corrected chi connectivity index (χ1v) is 10.4. The maximum Gasteiger partial charge on any atom is 0.242 e. The molecule has 0 aromatic carbocycles. The summed E-state index contributed by atoms with van der Waals surface area (Å²) in [6.45, 7) is 9.77. The van der Waals surface area contributed by atoms with Crippen molar-refractivity contribution < 1.29 is 14.3 Å². The van der Waals surface area contributed by atoms with Gasteiger partial charge in [0.05, 0.1) is 19.7 Å². The molecule has 4 aliphatic rings. The first-order valence-electron chi connectivity index (χ1n) is 10.4. The van der Waals surface area contributed by atoms with Crippen molar-refractivity contribution in [3.05, 3.63) is 0 Å². The van der Waals surface area contributed by atoms with E-state index in [0.29, 0.717) is 32.0 Å². The number of carbonyl (C=O) groups excluding carboxylic acids is 2. The maximum atomic E-state index is 12.8. The second-order valence-corrected chi connectivity index (χ2v) is 9.24. The molecular formula is C20H33N3O3. The number of rotatable bonds is 6. The Balaban J connectivity index is 1.33. The third kappa shape index (κ3) is 3.77. The Morgan fingerprint density at radius 1 is 1.12 bits per heavy atom. The average molecular weight is 364 g/mol. The first kappa shape index (κ1) is 18.2. The van der Waals surface area contributed by atoms with Crippen LogP contribution in [0.3, 0.4) is 0 Å². The number of carbonyl (C=O) groups is 2. The highest BCUT2D eigenvalue weighted by Gasteiger charge is 2.52. The molecule has 0 radical (unpaired) electrons. The molecule has 1 saturated carbocycles. The summed E-state index contributed by atoms with van der Waals surface area (Å²) in [5, 5.41) is 0. The lowest BCUT2D eigenvalue weighted by atomic mass is 9.89. The highest BCUT2D eigenvalue weighted by molar-refractivity contribution is 5.83. The summed E-state index contributed by atoms with van der Waals surface area (Å²) in [6, 6.07) is -0.118. The monoisotopic (exact) mass is 363 g/mol. The highest BCUT2D eigenvalue weighted by Crippen LogP contribution is 2.36. The van der Waals surface area contributed by atoms with E-state index in [-0.39, 0.29) is 23.5 Å². The predicted octanol–water partition coefficient (Wildman–Crippen LogP) is 1.35. The van der Waals surface area contributed by atoms with Crippen LogP contribution in [0.1, 0.15) is 46.0 Å². The van der Waals surface area contributed by atoms with E-state index < -0.39 is 0 Å². The van der Waals surface area contributed by atoms with Crippen LogP contribution in [-0.2, 0) is 14.3 Å². The van der Waals surface area contributed by atoms with Crippen LogP contribution in [0.15, 0.2) is 0 Å². The van der Waals surface area contributed by atoms with Gasteiger partial charge in [-0.3, -0.25) is 14.5 Å². The van der Waals surface area contributed by atoms with Gasteiger partial charge in [-0.25, -0.2) is 0 Å². The van der Waals surface area contributed by atoms with Crippen LogP contribution in [0, 0.1) is 11.8 Å². The van der Waals surface area contributed by atoms with Gasteiger partial charge in [-0.05, 0) is 37.5 Å². The number of likely N-dealkylation sites (tertiary alicyclic amines) is 2. The molecule has 6 heteroatoms. The molecule has 3 saturated heterocycles. The summed E-state index contributed by atoms with van der Waals surface area (Å²) in [5.41, 5.74) is -0.242. The first-order chi connectivity index (χ1) is 12.5. The largest absolute Gasteiger partial charge is 0.368 e. The molecular weight excluding hydrogens is 330 g/mol. The fourth-order valence-corrected chi connectivity index (χ4v) is 4.27.